The maximum absolute atomic E-state index is 12.4. The summed E-state index contributed by atoms with van der Waals surface area (Å²) in [6, 6.07) is 4.37. The van der Waals surface area contributed by atoms with Crippen LogP contribution in [0.5, 0.6) is 5.75 Å². The van der Waals surface area contributed by atoms with Gasteiger partial charge in [-0.1, -0.05) is 0 Å². The van der Waals surface area contributed by atoms with Gasteiger partial charge >= 0.3 is 0 Å². The number of anilines is 1. The van der Waals surface area contributed by atoms with Crippen molar-refractivity contribution in [3.05, 3.63) is 23.8 Å². The number of likely N-dealkylation sites (tertiary alicyclic amines) is 1. The maximum Gasteiger partial charge on any atom is 0.256 e. The monoisotopic (exact) mass is 293 g/mol. The number of aliphatic hydroxyl groups is 1. The van der Waals surface area contributed by atoms with Crippen LogP contribution in [0.25, 0.3) is 0 Å². The van der Waals surface area contributed by atoms with E-state index in [2.05, 4.69) is 0 Å². The van der Waals surface area contributed by atoms with Crippen LogP contribution in [-0.4, -0.2) is 65.3 Å². The van der Waals surface area contributed by atoms with E-state index in [-0.39, 0.29) is 11.7 Å². The van der Waals surface area contributed by atoms with Gasteiger partial charge in [-0.3, -0.25) is 4.79 Å². The molecule has 21 heavy (non-hydrogen) atoms. The fraction of sp³-hybridized carbons (Fsp3) is 0.533. The molecule has 1 aromatic rings. The lowest BCUT2D eigenvalue weighted by Crippen LogP contribution is -2.51. The number of hydrogen-bond donors (Lipinski definition) is 3. The molecule has 6 nitrogen and oxygen atoms in total. The summed E-state index contributed by atoms with van der Waals surface area (Å²) < 4.78 is 0. The average molecular weight is 293 g/mol. The molecule has 116 valence electrons. The minimum Gasteiger partial charge on any atom is -0.508 e. The normalized spacial score (nSPS) is 18.0. The van der Waals surface area contributed by atoms with Crippen molar-refractivity contribution in [1.29, 1.82) is 0 Å². The molecule has 1 amide bonds. The fourth-order valence-electron chi connectivity index (χ4n) is 2.77. The summed E-state index contributed by atoms with van der Waals surface area (Å²) in [7, 11) is 3.84. The number of nitrogens with two attached hydrogens (primary N) is 1. The molecule has 0 unspecified atom stereocenters. The van der Waals surface area contributed by atoms with E-state index in [0.29, 0.717) is 43.7 Å². The highest BCUT2D eigenvalue weighted by Gasteiger charge is 2.34. The standard InChI is InChI=1S/C15H23N3O3/c1-17(2)10-15(21)5-7-18(8-6-15)14(20)12-9-11(19)3-4-13(12)16/h3-4,9,19,21H,5-8,10,16H2,1-2H3. The Bertz CT molecular complexity index is 523. The van der Waals surface area contributed by atoms with Crippen molar-refractivity contribution in [3.8, 4) is 5.75 Å². The van der Waals surface area contributed by atoms with Gasteiger partial charge in [-0.15, -0.1) is 0 Å². The Balaban J connectivity index is 2.05. The van der Waals surface area contributed by atoms with Gasteiger partial charge in [0.15, 0.2) is 0 Å². The fourth-order valence-corrected chi connectivity index (χ4v) is 2.77. The van der Waals surface area contributed by atoms with Gasteiger partial charge in [0.2, 0.25) is 0 Å². The minimum atomic E-state index is -0.745. The number of aromatic hydroxyl groups is 1. The third kappa shape index (κ3) is 3.65. The first-order chi connectivity index (χ1) is 9.81. The number of phenols is 1. The van der Waals surface area contributed by atoms with E-state index in [9.17, 15) is 15.0 Å². The first-order valence-electron chi connectivity index (χ1n) is 7.06. The second-order valence-corrected chi connectivity index (χ2v) is 6.03. The molecule has 0 saturated carbocycles. The summed E-state index contributed by atoms with van der Waals surface area (Å²) >= 11 is 0. The molecular formula is C15H23N3O3. The van der Waals surface area contributed by atoms with Crippen LogP contribution < -0.4 is 5.73 Å². The summed E-state index contributed by atoms with van der Waals surface area (Å²) in [5, 5.41) is 20.0. The van der Waals surface area contributed by atoms with Crippen molar-refractivity contribution < 1.29 is 15.0 Å². The summed E-state index contributed by atoms with van der Waals surface area (Å²) in [6.07, 6.45) is 1.07. The van der Waals surface area contributed by atoms with Gasteiger partial charge in [-0.2, -0.15) is 0 Å². The Morgan fingerprint density at radius 3 is 2.57 bits per heavy atom. The number of amides is 1. The maximum atomic E-state index is 12.4. The molecule has 1 aliphatic rings. The van der Waals surface area contributed by atoms with E-state index in [1.807, 2.05) is 19.0 Å². The van der Waals surface area contributed by atoms with Crippen LogP contribution in [0.2, 0.25) is 0 Å². The van der Waals surface area contributed by atoms with Crippen molar-refractivity contribution in [3.63, 3.8) is 0 Å². The molecule has 1 saturated heterocycles. The zero-order valence-corrected chi connectivity index (χ0v) is 12.5. The van der Waals surface area contributed by atoms with Crippen LogP contribution in [0.4, 0.5) is 5.69 Å². The van der Waals surface area contributed by atoms with Gasteiger partial charge in [0.25, 0.3) is 5.91 Å². The number of nitrogen functional groups attached to an aromatic ring is 1. The molecule has 0 atom stereocenters. The van der Waals surface area contributed by atoms with Gasteiger partial charge in [0.1, 0.15) is 5.75 Å². The van der Waals surface area contributed by atoms with Crippen molar-refractivity contribution in [1.82, 2.24) is 9.80 Å². The van der Waals surface area contributed by atoms with Crippen molar-refractivity contribution in [2.45, 2.75) is 18.4 Å². The Morgan fingerprint density at radius 1 is 1.38 bits per heavy atom. The third-order valence-corrected chi connectivity index (χ3v) is 3.86. The summed E-state index contributed by atoms with van der Waals surface area (Å²) in [4.78, 5) is 16.1. The molecule has 1 aromatic carbocycles. The first-order valence-corrected chi connectivity index (χ1v) is 7.06. The van der Waals surface area contributed by atoms with Crippen LogP contribution in [0.1, 0.15) is 23.2 Å². The number of piperidine rings is 1. The molecule has 0 bridgehead atoms. The molecule has 0 aromatic heterocycles. The molecular weight excluding hydrogens is 270 g/mol. The van der Waals surface area contributed by atoms with Gasteiger partial charge in [-0.25, -0.2) is 0 Å². The van der Waals surface area contributed by atoms with E-state index >= 15 is 0 Å². The van der Waals surface area contributed by atoms with Crippen LogP contribution in [0.15, 0.2) is 18.2 Å². The summed E-state index contributed by atoms with van der Waals surface area (Å²) in [6.45, 7) is 1.56. The van der Waals surface area contributed by atoms with E-state index in [4.69, 9.17) is 5.73 Å². The predicted molar refractivity (Wildman–Crippen MR) is 81.2 cm³/mol. The summed E-state index contributed by atoms with van der Waals surface area (Å²) in [5.74, 6) is -0.177. The zero-order chi connectivity index (χ0) is 15.6. The van der Waals surface area contributed by atoms with Crippen molar-refractivity contribution >= 4 is 11.6 Å². The number of benzene rings is 1. The Hall–Kier alpha value is -1.79. The van der Waals surface area contributed by atoms with Gasteiger partial charge in [-0.05, 0) is 45.1 Å². The lowest BCUT2D eigenvalue weighted by Gasteiger charge is -2.39. The van der Waals surface area contributed by atoms with Crippen molar-refractivity contribution in [2.24, 2.45) is 0 Å². The highest BCUT2D eigenvalue weighted by atomic mass is 16.3. The van der Waals surface area contributed by atoms with Gasteiger partial charge < -0.3 is 25.7 Å². The molecule has 1 heterocycles. The zero-order valence-electron chi connectivity index (χ0n) is 12.5. The van der Waals surface area contributed by atoms with E-state index in [1.54, 1.807) is 4.90 Å². The number of nitrogens with zero attached hydrogens (tertiary/aromatic N) is 2. The molecule has 0 radical (unpaired) electrons. The van der Waals surface area contributed by atoms with Crippen molar-refractivity contribution in [2.75, 3.05) is 39.5 Å². The predicted octanol–water partition coefficient (Wildman–Crippen LogP) is 0.503. The minimum absolute atomic E-state index is 0.0219. The average Bonchev–Trinajstić information content (AvgIpc) is 2.40. The lowest BCUT2D eigenvalue weighted by atomic mass is 9.90. The van der Waals surface area contributed by atoms with E-state index < -0.39 is 5.60 Å². The summed E-state index contributed by atoms with van der Waals surface area (Å²) in [5.41, 5.74) is 5.72. The SMILES string of the molecule is CN(C)CC1(O)CCN(C(=O)c2cc(O)ccc2N)CC1. The highest BCUT2D eigenvalue weighted by Crippen LogP contribution is 2.26. The second-order valence-electron chi connectivity index (χ2n) is 6.03. The highest BCUT2D eigenvalue weighted by molar-refractivity contribution is 5.99. The second kappa shape index (κ2) is 5.91. The first kappa shape index (κ1) is 15.6. The largest absolute Gasteiger partial charge is 0.508 e. The number of likely N-dealkylation sites (N-methyl/N-ethyl adjacent to an activating group) is 1. The number of carbonyl (C=O) groups is 1. The van der Waals surface area contributed by atoms with Crippen LogP contribution in [0.3, 0.4) is 0 Å². The van der Waals surface area contributed by atoms with Gasteiger partial charge in [0, 0.05) is 25.3 Å². The molecule has 0 aliphatic carbocycles. The number of phenolic OH excluding ortho intramolecular Hbond substituents is 1. The molecule has 6 heteroatoms. The number of hydrogen-bond acceptors (Lipinski definition) is 5. The third-order valence-electron chi connectivity index (χ3n) is 3.86. The number of carbonyl (C=O) groups excluding carboxylic acids is 1. The van der Waals surface area contributed by atoms with E-state index in [0.717, 1.165) is 0 Å². The smallest absolute Gasteiger partial charge is 0.256 e. The van der Waals surface area contributed by atoms with E-state index in [1.165, 1.54) is 18.2 Å². The van der Waals surface area contributed by atoms with Crippen LogP contribution >= 0.6 is 0 Å². The van der Waals surface area contributed by atoms with Gasteiger partial charge in [0.05, 0.1) is 11.2 Å². The Labute approximate surface area is 124 Å². The molecule has 1 aliphatic heterocycles. The molecule has 2 rings (SSSR count). The topological polar surface area (TPSA) is 90.0 Å². The lowest BCUT2D eigenvalue weighted by molar-refractivity contribution is -0.0324. The Kier molecular flexibility index (Phi) is 4.39. The van der Waals surface area contributed by atoms with Crippen LogP contribution in [-0.2, 0) is 0 Å². The Morgan fingerprint density at radius 2 is 2.00 bits per heavy atom. The quantitative estimate of drug-likeness (QED) is 0.558. The molecule has 1 fully saturated rings. The molecule has 0 spiro atoms. The van der Waals surface area contributed by atoms with Crippen LogP contribution in [0, 0.1) is 0 Å². The molecule has 4 N–H and O–H groups in total. The number of rotatable bonds is 3.